The third-order valence-corrected chi connectivity index (χ3v) is 3.14. The Kier molecular flexibility index (Phi) is 2.97. The van der Waals surface area contributed by atoms with E-state index in [4.69, 9.17) is 0 Å². The van der Waals surface area contributed by atoms with E-state index in [0.717, 1.165) is 0 Å². The van der Waals surface area contributed by atoms with Crippen LogP contribution in [0.25, 0.3) is 0 Å². The molecular weight excluding hydrogens is 200 g/mol. The second kappa shape index (κ2) is 4.26. The van der Waals surface area contributed by atoms with Gasteiger partial charge in [-0.2, -0.15) is 0 Å². The number of nitrogens with one attached hydrogen (secondary N) is 2. The van der Waals surface area contributed by atoms with Gasteiger partial charge in [-0.05, 0) is 31.9 Å². The maximum absolute atomic E-state index is 11.3. The first-order valence-electron chi connectivity index (χ1n) is 5.69. The number of hydrogen-bond acceptors (Lipinski definition) is 2. The highest BCUT2D eigenvalue weighted by Gasteiger charge is 2.25. The van der Waals surface area contributed by atoms with Crippen molar-refractivity contribution in [3.05, 3.63) is 34.9 Å². The Bertz CT molecular complexity index is 414. The van der Waals surface area contributed by atoms with E-state index < -0.39 is 0 Å². The zero-order chi connectivity index (χ0) is 11.7. The molecule has 2 unspecified atom stereocenters. The second-order valence-electron chi connectivity index (χ2n) is 4.55. The largest absolute Gasteiger partial charge is 0.353 e. The summed E-state index contributed by atoms with van der Waals surface area (Å²) in [7, 11) is 0. The molecule has 0 bridgehead atoms. The van der Waals surface area contributed by atoms with Crippen LogP contribution in [0.4, 0.5) is 0 Å². The summed E-state index contributed by atoms with van der Waals surface area (Å²) >= 11 is 0. The maximum atomic E-state index is 11.3. The van der Waals surface area contributed by atoms with Gasteiger partial charge in [-0.25, -0.2) is 0 Å². The molecule has 1 aromatic carbocycles. The van der Waals surface area contributed by atoms with Crippen LogP contribution in [-0.4, -0.2) is 18.5 Å². The van der Waals surface area contributed by atoms with E-state index in [2.05, 4.69) is 42.7 Å². The normalized spacial score (nSPS) is 25.3. The molecule has 1 heterocycles. The van der Waals surface area contributed by atoms with Gasteiger partial charge in [0, 0.05) is 6.54 Å². The quantitative estimate of drug-likeness (QED) is 0.749. The third kappa shape index (κ3) is 2.09. The Balaban J connectivity index is 2.24. The molecule has 1 saturated heterocycles. The van der Waals surface area contributed by atoms with Crippen LogP contribution in [0.15, 0.2) is 18.2 Å². The van der Waals surface area contributed by atoms with Crippen LogP contribution >= 0.6 is 0 Å². The lowest BCUT2D eigenvalue weighted by Crippen LogP contribution is -2.53. The van der Waals surface area contributed by atoms with Crippen LogP contribution in [0.2, 0.25) is 0 Å². The Morgan fingerprint density at radius 1 is 1.31 bits per heavy atom. The molecule has 0 saturated carbocycles. The van der Waals surface area contributed by atoms with Crippen LogP contribution in [0.1, 0.15) is 29.7 Å². The maximum Gasteiger partial charge on any atom is 0.236 e. The molecule has 3 nitrogen and oxygen atoms in total. The molecule has 1 aromatic rings. The van der Waals surface area contributed by atoms with Crippen molar-refractivity contribution in [3.8, 4) is 0 Å². The fraction of sp³-hybridized carbons (Fsp3) is 0.462. The SMILES string of the molecule is Cc1ccc(C)c(C2CNC(=O)C(C)N2)c1. The minimum Gasteiger partial charge on any atom is -0.353 e. The summed E-state index contributed by atoms with van der Waals surface area (Å²) in [5.41, 5.74) is 3.81. The highest BCUT2D eigenvalue weighted by Crippen LogP contribution is 2.21. The second-order valence-corrected chi connectivity index (χ2v) is 4.55. The van der Waals surface area contributed by atoms with E-state index in [-0.39, 0.29) is 18.0 Å². The van der Waals surface area contributed by atoms with Crippen molar-refractivity contribution in [1.82, 2.24) is 10.6 Å². The lowest BCUT2D eigenvalue weighted by molar-refractivity contribution is -0.124. The molecule has 2 N–H and O–H groups in total. The molecule has 2 rings (SSSR count). The minimum atomic E-state index is -0.112. The van der Waals surface area contributed by atoms with Gasteiger partial charge in [-0.3, -0.25) is 10.1 Å². The third-order valence-electron chi connectivity index (χ3n) is 3.14. The average molecular weight is 218 g/mol. The van der Waals surface area contributed by atoms with Gasteiger partial charge >= 0.3 is 0 Å². The Morgan fingerprint density at radius 3 is 2.75 bits per heavy atom. The van der Waals surface area contributed by atoms with E-state index in [1.165, 1.54) is 16.7 Å². The van der Waals surface area contributed by atoms with Gasteiger partial charge in [0.1, 0.15) is 0 Å². The van der Waals surface area contributed by atoms with Crippen molar-refractivity contribution >= 4 is 5.91 Å². The van der Waals surface area contributed by atoms with E-state index >= 15 is 0 Å². The average Bonchev–Trinajstić information content (AvgIpc) is 2.26. The van der Waals surface area contributed by atoms with Crippen molar-refractivity contribution < 1.29 is 4.79 Å². The summed E-state index contributed by atoms with van der Waals surface area (Å²) in [5, 5.41) is 6.26. The monoisotopic (exact) mass is 218 g/mol. The molecular formula is C13H18N2O. The summed E-state index contributed by atoms with van der Waals surface area (Å²) in [6.07, 6.45) is 0. The lowest BCUT2D eigenvalue weighted by Gasteiger charge is -2.30. The number of piperazine rings is 1. The molecule has 0 aromatic heterocycles. The molecule has 1 aliphatic heterocycles. The van der Waals surface area contributed by atoms with Crippen molar-refractivity contribution in [2.45, 2.75) is 32.9 Å². The van der Waals surface area contributed by atoms with Crippen molar-refractivity contribution in [3.63, 3.8) is 0 Å². The zero-order valence-electron chi connectivity index (χ0n) is 10.0. The standard InChI is InChI=1S/C13H18N2O/c1-8-4-5-9(2)11(6-8)12-7-14-13(16)10(3)15-12/h4-6,10,12,15H,7H2,1-3H3,(H,14,16). The predicted molar refractivity (Wildman–Crippen MR) is 64.3 cm³/mol. The van der Waals surface area contributed by atoms with Gasteiger partial charge in [0.25, 0.3) is 0 Å². The van der Waals surface area contributed by atoms with Crippen LogP contribution in [0.3, 0.4) is 0 Å². The van der Waals surface area contributed by atoms with E-state index in [0.29, 0.717) is 6.54 Å². The first-order valence-corrected chi connectivity index (χ1v) is 5.69. The Hall–Kier alpha value is -1.35. The number of hydrogen-bond donors (Lipinski definition) is 2. The molecule has 0 radical (unpaired) electrons. The molecule has 1 amide bonds. The van der Waals surface area contributed by atoms with Gasteiger partial charge in [-0.15, -0.1) is 0 Å². The van der Waals surface area contributed by atoms with Crippen LogP contribution < -0.4 is 10.6 Å². The van der Waals surface area contributed by atoms with Crippen molar-refractivity contribution in [2.24, 2.45) is 0 Å². The zero-order valence-corrected chi connectivity index (χ0v) is 10.0. The molecule has 1 fully saturated rings. The molecule has 0 spiro atoms. The predicted octanol–water partition coefficient (Wildman–Crippen LogP) is 1.45. The summed E-state index contributed by atoms with van der Waals surface area (Å²) in [6.45, 7) is 6.77. The summed E-state index contributed by atoms with van der Waals surface area (Å²) in [5.74, 6) is 0.0848. The molecule has 1 aliphatic rings. The van der Waals surface area contributed by atoms with Gasteiger partial charge in [-0.1, -0.05) is 23.8 Å². The number of amides is 1. The fourth-order valence-electron chi connectivity index (χ4n) is 2.13. The number of carbonyl (C=O) groups is 1. The highest BCUT2D eigenvalue weighted by molar-refractivity contribution is 5.82. The lowest BCUT2D eigenvalue weighted by atomic mass is 9.97. The molecule has 86 valence electrons. The summed E-state index contributed by atoms with van der Waals surface area (Å²) in [6, 6.07) is 6.56. The molecule has 3 heteroatoms. The van der Waals surface area contributed by atoms with E-state index in [9.17, 15) is 4.79 Å². The number of rotatable bonds is 1. The van der Waals surface area contributed by atoms with Crippen LogP contribution in [0.5, 0.6) is 0 Å². The van der Waals surface area contributed by atoms with Crippen LogP contribution in [0, 0.1) is 13.8 Å². The van der Waals surface area contributed by atoms with Crippen LogP contribution in [-0.2, 0) is 4.79 Å². The molecule has 2 atom stereocenters. The van der Waals surface area contributed by atoms with Gasteiger partial charge in [0.2, 0.25) is 5.91 Å². The molecule has 0 aliphatic carbocycles. The topological polar surface area (TPSA) is 41.1 Å². The Morgan fingerprint density at radius 2 is 2.06 bits per heavy atom. The van der Waals surface area contributed by atoms with Gasteiger partial charge in [0.15, 0.2) is 0 Å². The number of carbonyl (C=O) groups excluding carboxylic acids is 1. The van der Waals surface area contributed by atoms with Gasteiger partial charge in [0.05, 0.1) is 12.1 Å². The smallest absolute Gasteiger partial charge is 0.236 e. The van der Waals surface area contributed by atoms with E-state index in [1.807, 2.05) is 6.92 Å². The Labute approximate surface area is 96.2 Å². The first kappa shape index (κ1) is 11.1. The number of benzene rings is 1. The number of aryl methyl sites for hydroxylation is 2. The van der Waals surface area contributed by atoms with E-state index in [1.54, 1.807) is 0 Å². The molecule has 16 heavy (non-hydrogen) atoms. The first-order chi connectivity index (χ1) is 7.58. The van der Waals surface area contributed by atoms with Crippen molar-refractivity contribution in [2.75, 3.05) is 6.54 Å². The fourth-order valence-corrected chi connectivity index (χ4v) is 2.13. The van der Waals surface area contributed by atoms with Gasteiger partial charge < -0.3 is 5.32 Å². The highest BCUT2D eigenvalue weighted by atomic mass is 16.2. The minimum absolute atomic E-state index is 0.0848. The summed E-state index contributed by atoms with van der Waals surface area (Å²) < 4.78 is 0. The summed E-state index contributed by atoms with van der Waals surface area (Å²) in [4.78, 5) is 11.3. The van der Waals surface area contributed by atoms with Crippen molar-refractivity contribution in [1.29, 1.82) is 0 Å².